The molecule has 1 aliphatic rings. The fourth-order valence-electron chi connectivity index (χ4n) is 3.16. The van der Waals surface area contributed by atoms with E-state index in [1.165, 1.54) is 12.1 Å². The number of nitrogens with zero attached hydrogens (tertiary/aromatic N) is 1. The van der Waals surface area contributed by atoms with Gasteiger partial charge in [-0.1, -0.05) is 11.6 Å². The number of rotatable bonds is 5. The molecule has 0 aliphatic carbocycles. The summed E-state index contributed by atoms with van der Waals surface area (Å²) in [4.78, 5) is 26.1. The number of halogens is 4. The Bertz CT molecular complexity index is 878. The van der Waals surface area contributed by atoms with E-state index in [1.54, 1.807) is 29.2 Å². The molecule has 3 rings (SSSR count). The molecule has 0 bridgehead atoms. The molecule has 1 fully saturated rings. The van der Waals surface area contributed by atoms with Crippen molar-refractivity contribution in [3.63, 3.8) is 0 Å². The first-order valence-electron chi connectivity index (χ1n) is 9.36. The van der Waals surface area contributed by atoms with Gasteiger partial charge >= 0.3 is 6.18 Å². The van der Waals surface area contributed by atoms with E-state index in [0.29, 0.717) is 36.7 Å². The van der Waals surface area contributed by atoms with Gasteiger partial charge in [0.25, 0.3) is 11.8 Å². The van der Waals surface area contributed by atoms with Crippen molar-refractivity contribution in [1.82, 2.24) is 10.2 Å². The Kier molecular flexibility index (Phi) is 6.87. The summed E-state index contributed by atoms with van der Waals surface area (Å²) < 4.78 is 43.3. The molecule has 2 amide bonds. The van der Waals surface area contributed by atoms with E-state index in [1.807, 2.05) is 0 Å². The van der Waals surface area contributed by atoms with E-state index in [2.05, 4.69) is 5.32 Å². The Morgan fingerprint density at radius 2 is 1.63 bits per heavy atom. The van der Waals surface area contributed by atoms with Gasteiger partial charge in [-0.2, -0.15) is 13.2 Å². The van der Waals surface area contributed by atoms with Crippen LogP contribution in [0.3, 0.4) is 0 Å². The van der Waals surface area contributed by atoms with Crippen molar-refractivity contribution >= 4 is 23.4 Å². The molecule has 2 aromatic carbocycles. The molecule has 1 aliphatic heterocycles. The lowest BCUT2D eigenvalue weighted by Crippen LogP contribution is -2.47. The molecule has 2 aromatic rings. The third-order valence-electron chi connectivity index (χ3n) is 4.79. The molecule has 160 valence electrons. The highest BCUT2D eigenvalue weighted by Gasteiger charge is 2.31. The van der Waals surface area contributed by atoms with Crippen molar-refractivity contribution in [2.45, 2.75) is 25.1 Å². The first-order valence-corrected chi connectivity index (χ1v) is 9.74. The summed E-state index contributed by atoms with van der Waals surface area (Å²) in [6.07, 6.45) is -3.33. The molecule has 0 aromatic heterocycles. The lowest BCUT2D eigenvalue weighted by atomic mass is 10.0. The number of carbonyl (C=O) groups is 2. The van der Waals surface area contributed by atoms with Gasteiger partial charge in [-0.15, -0.1) is 0 Å². The van der Waals surface area contributed by atoms with E-state index in [0.717, 1.165) is 12.1 Å². The number of carbonyl (C=O) groups excluding carboxylic acids is 2. The van der Waals surface area contributed by atoms with Crippen LogP contribution >= 0.6 is 11.6 Å². The molecule has 0 unspecified atom stereocenters. The van der Waals surface area contributed by atoms with Crippen LogP contribution < -0.4 is 10.1 Å². The van der Waals surface area contributed by atoms with Gasteiger partial charge in [-0.05, 0) is 61.4 Å². The van der Waals surface area contributed by atoms with Crippen LogP contribution in [0.2, 0.25) is 5.02 Å². The van der Waals surface area contributed by atoms with Crippen molar-refractivity contribution in [2.75, 3.05) is 19.7 Å². The maximum absolute atomic E-state index is 12.6. The van der Waals surface area contributed by atoms with E-state index in [9.17, 15) is 22.8 Å². The third-order valence-corrected chi connectivity index (χ3v) is 5.04. The van der Waals surface area contributed by atoms with E-state index >= 15 is 0 Å². The second kappa shape index (κ2) is 9.38. The van der Waals surface area contributed by atoms with Gasteiger partial charge in [0.15, 0.2) is 6.61 Å². The quantitative estimate of drug-likeness (QED) is 0.759. The second-order valence-electron chi connectivity index (χ2n) is 6.95. The average molecular weight is 441 g/mol. The summed E-state index contributed by atoms with van der Waals surface area (Å²) in [5.41, 5.74) is -0.580. The van der Waals surface area contributed by atoms with Gasteiger partial charge in [-0.3, -0.25) is 9.59 Å². The fraction of sp³-hybridized carbons (Fsp3) is 0.333. The van der Waals surface area contributed by atoms with Crippen molar-refractivity contribution in [2.24, 2.45) is 0 Å². The highest BCUT2D eigenvalue weighted by Crippen LogP contribution is 2.29. The number of likely N-dealkylation sites (tertiary alicyclic amines) is 1. The van der Waals surface area contributed by atoms with E-state index in [4.69, 9.17) is 16.3 Å². The number of hydrogen-bond donors (Lipinski definition) is 1. The SMILES string of the molecule is O=C(COc1ccc(Cl)cc1)NC1CCN(C(=O)c2ccc(C(F)(F)F)cc2)CC1. The molecule has 0 spiro atoms. The summed E-state index contributed by atoms with van der Waals surface area (Å²) >= 11 is 5.79. The van der Waals surface area contributed by atoms with Crippen LogP contribution in [0, 0.1) is 0 Å². The van der Waals surface area contributed by atoms with Crippen molar-refractivity contribution in [3.8, 4) is 5.75 Å². The second-order valence-corrected chi connectivity index (χ2v) is 7.39. The summed E-state index contributed by atoms with van der Waals surface area (Å²) in [5, 5.41) is 3.44. The topological polar surface area (TPSA) is 58.6 Å². The monoisotopic (exact) mass is 440 g/mol. The van der Waals surface area contributed by atoms with Crippen LogP contribution in [0.5, 0.6) is 5.75 Å². The highest BCUT2D eigenvalue weighted by molar-refractivity contribution is 6.30. The Morgan fingerprint density at radius 3 is 2.20 bits per heavy atom. The van der Waals surface area contributed by atoms with Crippen LogP contribution in [0.15, 0.2) is 48.5 Å². The van der Waals surface area contributed by atoms with E-state index in [-0.39, 0.29) is 30.0 Å². The standard InChI is InChI=1S/C21H20ClF3N2O3/c22-16-5-7-18(8-6-16)30-13-19(28)26-17-9-11-27(12-10-17)20(29)14-1-3-15(4-2-14)21(23,24)25/h1-8,17H,9-13H2,(H,26,28). The number of benzene rings is 2. The molecule has 0 saturated carbocycles. The predicted molar refractivity (Wildman–Crippen MR) is 105 cm³/mol. The number of ether oxygens (including phenoxy) is 1. The van der Waals surface area contributed by atoms with Crippen LogP contribution in [0.4, 0.5) is 13.2 Å². The molecule has 1 N–H and O–H groups in total. The molecular formula is C21H20ClF3N2O3. The third kappa shape index (κ3) is 5.89. The first-order chi connectivity index (χ1) is 14.2. The smallest absolute Gasteiger partial charge is 0.416 e. The van der Waals surface area contributed by atoms with Crippen LogP contribution in [0.25, 0.3) is 0 Å². The zero-order valence-electron chi connectivity index (χ0n) is 15.9. The lowest BCUT2D eigenvalue weighted by Gasteiger charge is -2.32. The van der Waals surface area contributed by atoms with Gasteiger partial charge in [0.05, 0.1) is 5.56 Å². The number of amides is 2. The Morgan fingerprint density at radius 1 is 1.03 bits per heavy atom. The first kappa shape index (κ1) is 22.0. The van der Waals surface area contributed by atoms with Crippen LogP contribution in [-0.2, 0) is 11.0 Å². The van der Waals surface area contributed by atoms with Crippen molar-refractivity contribution in [3.05, 3.63) is 64.7 Å². The number of hydrogen-bond acceptors (Lipinski definition) is 3. The Balaban J connectivity index is 1.44. The zero-order chi connectivity index (χ0) is 21.7. The largest absolute Gasteiger partial charge is 0.484 e. The maximum Gasteiger partial charge on any atom is 0.416 e. The summed E-state index contributed by atoms with van der Waals surface area (Å²) in [6, 6.07) is 10.8. The summed E-state index contributed by atoms with van der Waals surface area (Å²) in [5.74, 6) is -0.0523. The highest BCUT2D eigenvalue weighted by atomic mass is 35.5. The zero-order valence-corrected chi connectivity index (χ0v) is 16.7. The number of piperidine rings is 1. The molecule has 9 heteroatoms. The fourth-order valence-corrected chi connectivity index (χ4v) is 3.29. The minimum Gasteiger partial charge on any atom is -0.484 e. The Hall–Kier alpha value is -2.74. The van der Waals surface area contributed by atoms with Gasteiger partial charge < -0.3 is 15.0 Å². The predicted octanol–water partition coefficient (Wildman–Crippen LogP) is 4.16. The molecule has 1 heterocycles. The average Bonchev–Trinajstić information content (AvgIpc) is 2.73. The molecule has 1 saturated heterocycles. The molecule has 30 heavy (non-hydrogen) atoms. The maximum atomic E-state index is 12.6. The van der Waals surface area contributed by atoms with Crippen molar-refractivity contribution in [1.29, 1.82) is 0 Å². The Labute approximate surface area is 176 Å². The molecule has 0 atom stereocenters. The minimum absolute atomic E-state index is 0.0945. The van der Waals surface area contributed by atoms with Gasteiger partial charge in [0.1, 0.15) is 5.75 Å². The van der Waals surface area contributed by atoms with Gasteiger partial charge in [0.2, 0.25) is 0 Å². The summed E-state index contributed by atoms with van der Waals surface area (Å²) in [7, 11) is 0. The van der Waals surface area contributed by atoms with Crippen LogP contribution in [0.1, 0.15) is 28.8 Å². The van der Waals surface area contributed by atoms with E-state index < -0.39 is 11.7 Å². The van der Waals surface area contributed by atoms with Gasteiger partial charge in [-0.25, -0.2) is 0 Å². The number of nitrogens with one attached hydrogen (secondary N) is 1. The normalized spacial score (nSPS) is 15.0. The van der Waals surface area contributed by atoms with Gasteiger partial charge in [0, 0.05) is 29.7 Å². The lowest BCUT2D eigenvalue weighted by molar-refractivity contribution is -0.137. The van der Waals surface area contributed by atoms with Crippen LogP contribution in [-0.4, -0.2) is 42.5 Å². The van der Waals surface area contributed by atoms with Crippen molar-refractivity contribution < 1.29 is 27.5 Å². The minimum atomic E-state index is -4.44. The molecule has 0 radical (unpaired) electrons. The summed E-state index contributed by atoms with van der Waals surface area (Å²) in [6.45, 7) is 0.679. The molecule has 5 nitrogen and oxygen atoms in total. The molecular weight excluding hydrogens is 421 g/mol. The number of alkyl halides is 3.